The van der Waals surface area contributed by atoms with Gasteiger partial charge in [0.2, 0.25) is 5.75 Å². The summed E-state index contributed by atoms with van der Waals surface area (Å²) in [5.41, 5.74) is 6.68. The fourth-order valence-corrected chi connectivity index (χ4v) is 5.25. The van der Waals surface area contributed by atoms with E-state index in [1.54, 1.807) is 12.1 Å². The fourth-order valence-electron chi connectivity index (χ4n) is 4.41. The van der Waals surface area contributed by atoms with Gasteiger partial charge in [-0.1, -0.05) is 28.1 Å². The third kappa shape index (κ3) is 7.44. The second-order valence-electron chi connectivity index (χ2n) is 9.72. The first-order valence-corrected chi connectivity index (χ1v) is 14.9. The molecule has 3 aromatic carbocycles. The molecule has 0 atom stereocenters. The third-order valence-electron chi connectivity index (χ3n) is 6.55. The van der Waals surface area contributed by atoms with Crippen molar-refractivity contribution in [2.45, 2.75) is 27.1 Å². The number of nitro groups is 1. The summed E-state index contributed by atoms with van der Waals surface area (Å²) >= 11 is 6.72. The minimum atomic E-state index is -0.586. The molecule has 0 fully saturated rings. The molecule has 1 N–H and O–H groups in total. The number of carbonyl (C=O) groups excluding carboxylic acids is 1. The average Bonchev–Trinajstić information content (AvgIpc) is 3.62. The number of halogens is 2. The molecule has 5 aromatic rings. The smallest absolute Gasteiger partial charge is 0.312 e. The summed E-state index contributed by atoms with van der Waals surface area (Å²) in [6, 6.07) is 25.4. The number of ether oxygens (including phenoxy) is 2. The lowest BCUT2D eigenvalue weighted by Gasteiger charge is -2.10. The Hall–Kier alpha value is -4.68. The van der Waals surface area contributed by atoms with Crippen LogP contribution in [0.4, 0.5) is 5.69 Å². The Balaban J connectivity index is 1.16. The number of hydrazone groups is 1. The number of rotatable bonds is 11. The van der Waals surface area contributed by atoms with Crippen LogP contribution in [0.25, 0.3) is 5.69 Å². The molecule has 0 spiro atoms. The Bertz CT molecular complexity index is 1810. The van der Waals surface area contributed by atoms with E-state index < -0.39 is 10.8 Å². The molecule has 0 saturated heterocycles. The highest BCUT2D eigenvalue weighted by molar-refractivity contribution is 9.10. The summed E-state index contributed by atoms with van der Waals surface area (Å²) in [6.45, 7) is 4.38. The molecule has 5 rings (SSSR count). The number of amides is 1. The Morgan fingerprint density at radius 2 is 1.66 bits per heavy atom. The highest BCUT2D eigenvalue weighted by atomic mass is 79.9. The molecule has 44 heavy (non-hydrogen) atoms. The normalized spacial score (nSPS) is 11.1. The molecular formula is C32H26Br2N4O6. The summed E-state index contributed by atoms with van der Waals surface area (Å²) in [7, 11) is 0. The largest absolute Gasteiger partial charge is 0.486 e. The Morgan fingerprint density at radius 3 is 2.34 bits per heavy atom. The van der Waals surface area contributed by atoms with Crippen LogP contribution in [0.2, 0.25) is 0 Å². The first-order chi connectivity index (χ1) is 21.2. The summed E-state index contributed by atoms with van der Waals surface area (Å²) in [5.74, 6) is 0.661. The number of nitrogens with zero attached hydrogens (tertiary/aromatic N) is 3. The Morgan fingerprint density at radius 1 is 0.955 bits per heavy atom. The minimum absolute atomic E-state index is 0.0403. The molecule has 2 aromatic heterocycles. The summed E-state index contributed by atoms with van der Waals surface area (Å²) in [5, 5.41) is 15.7. The predicted octanol–water partition coefficient (Wildman–Crippen LogP) is 8.04. The van der Waals surface area contributed by atoms with Crippen molar-refractivity contribution < 1.29 is 23.6 Å². The third-order valence-corrected chi connectivity index (χ3v) is 7.67. The fraction of sp³-hybridized carbons (Fsp3) is 0.125. The van der Waals surface area contributed by atoms with Gasteiger partial charge in [-0.05, 0) is 102 Å². The van der Waals surface area contributed by atoms with Crippen molar-refractivity contribution in [1.29, 1.82) is 0 Å². The SMILES string of the molecule is Cc1ccc(C)n1-c1ccc(OCc2ccc(C(=O)N/N=C/c3cc(Br)c(OCc4ccc(Br)cc4)c([N+](=O)[O-])c3)o2)cc1. The first-order valence-electron chi connectivity index (χ1n) is 13.3. The first kappa shape index (κ1) is 30.8. The number of aromatic nitrogens is 1. The van der Waals surface area contributed by atoms with Crippen LogP contribution < -0.4 is 14.9 Å². The number of furan rings is 1. The maximum absolute atomic E-state index is 12.6. The van der Waals surface area contributed by atoms with Gasteiger partial charge >= 0.3 is 11.6 Å². The van der Waals surface area contributed by atoms with Crippen LogP contribution in [0, 0.1) is 24.0 Å². The summed E-state index contributed by atoms with van der Waals surface area (Å²) < 4.78 is 20.6. The van der Waals surface area contributed by atoms with Gasteiger partial charge in [0.15, 0.2) is 5.76 Å². The zero-order valence-electron chi connectivity index (χ0n) is 23.6. The van der Waals surface area contributed by atoms with Crippen molar-refractivity contribution in [3.05, 3.63) is 138 Å². The van der Waals surface area contributed by atoms with E-state index in [1.165, 1.54) is 18.3 Å². The van der Waals surface area contributed by atoms with Gasteiger partial charge < -0.3 is 18.5 Å². The van der Waals surface area contributed by atoms with E-state index in [2.05, 4.69) is 72.9 Å². The second kappa shape index (κ2) is 13.7. The Kier molecular flexibility index (Phi) is 9.61. The molecular weight excluding hydrogens is 696 g/mol. The zero-order valence-corrected chi connectivity index (χ0v) is 26.8. The molecule has 0 aliphatic carbocycles. The molecule has 0 unspecified atom stereocenters. The van der Waals surface area contributed by atoms with E-state index in [-0.39, 0.29) is 30.4 Å². The lowest BCUT2D eigenvalue weighted by Crippen LogP contribution is -2.16. The number of hydrogen-bond donors (Lipinski definition) is 1. The number of nitro benzene ring substituents is 1. The zero-order chi connectivity index (χ0) is 31.2. The molecule has 1 amide bonds. The van der Waals surface area contributed by atoms with Crippen LogP contribution in [0.1, 0.15) is 38.8 Å². The van der Waals surface area contributed by atoms with Crippen LogP contribution in [-0.2, 0) is 13.2 Å². The lowest BCUT2D eigenvalue weighted by molar-refractivity contribution is -0.386. The van der Waals surface area contributed by atoms with Crippen LogP contribution >= 0.6 is 31.9 Å². The van der Waals surface area contributed by atoms with Gasteiger partial charge in [-0.25, -0.2) is 5.43 Å². The van der Waals surface area contributed by atoms with Crippen molar-refractivity contribution in [2.24, 2.45) is 5.10 Å². The van der Waals surface area contributed by atoms with Crippen LogP contribution in [-0.4, -0.2) is 21.6 Å². The van der Waals surface area contributed by atoms with E-state index >= 15 is 0 Å². The maximum atomic E-state index is 12.6. The van der Waals surface area contributed by atoms with E-state index in [1.807, 2.05) is 48.5 Å². The highest BCUT2D eigenvalue weighted by Gasteiger charge is 2.20. The number of nitrogens with one attached hydrogen (secondary N) is 1. The van der Waals surface area contributed by atoms with E-state index in [9.17, 15) is 14.9 Å². The molecule has 2 heterocycles. The average molecular weight is 722 g/mol. The van der Waals surface area contributed by atoms with Crippen LogP contribution in [0.3, 0.4) is 0 Å². The van der Waals surface area contributed by atoms with Crippen molar-refractivity contribution in [3.63, 3.8) is 0 Å². The van der Waals surface area contributed by atoms with Gasteiger partial charge in [0.05, 0.1) is 15.6 Å². The van der Waals surface area contributed by atoms with Gasteiger partial charge in [-0.2, -0.15) is 5.10 Å². The van der Waals surface area contributed by atoms with Gasteiger partial charge in [-0.3, -0.25) is 14.9 Å². The van der Waals surface area contributed by atoms with E-state index in [4.69, 9.17) is 13.9 Å². The van der Waals surface area contributed by atoms with Gasteiger partial charge in [0.25, 0.3) is 0 Å². The molecule has 0 saturated carbocycles. The lowest BCUT2D eigenvalue weighted by atomic mass is 10.2. The van der Waals surface area contributed by atoms with Crippen molar-refractivity contribution >= 4 is 49.7 Å². The minimum Gasteiger partial charge on any atom is -0.486 e. The molecule has 224 valence electrons. The number of carbonyl (C=O) groups is 1. The topological polar surface area (TPSA) is 121 Å². The van der Waals surface area contributed by atoms with E-state index in [0.29, 0.717) is 21.5 Å². The quantitative estimate of drug-likeness (QED) is 0.0837. The molecule has 0 radical (unpaired) electrons. The van der Waals surface area contributed by atoms with Crippen LogP contribution in [0.15, 0.2) is 103 Å². The van der Waals surface area contributed by atoms with Crippen molar-refractivity contribution in [3.8, 4) is 17.2 Å². The monoisotopic (exact) mass is 720 g/mol. The number of aryl methyl sites for hydroxylation is 2. The molecule has 0 aliphatic rings. The number of benzene rings is 3. The van der Waals surface area contributed by atoms with Gasteiger partial charge in [0.1, 0.15) is 24.7 Å². The molecule has 12 heteroatoms. The predicted molar refractivity (Wildman–Crippen MR) is 173 cm³/mol. The molecule has 10 nitrogen and oxygen atoms in total. The highest BCUT2D eigenvalue weighted by Crippen LogP contribution is 2.36. The summed E-state index contributed by atoms with van der Waals surface area (Å²) in [6.07, 6.45) is 1.29. The molecule has 0 aliphatic heterocycles. The Labute approximate surface area is 269 Å². The second-order valence-corrected chi connectivity index (χ2v) is 11.5. The van der Waals surface area contributed by atoms with Crippen molar-refractivity contribution in [2.75, 3.05) is 0 Å². The maximum Gasteiger partial charge on any atom is 0.312 e. The van der Waals surface area contributed by atoms with E-state index in [0.717, 1.165) is 27.1 Å². The summed E-state index contributed by atoms with van der Waals surface area (Å²) in [4.78, 5) is 23.8. The molecule has 0 bridgehead atoms. The van der Waals surface area contributed by atoms with Crippen molar-refractivity contribution in [1.82, 2.24) is 9.99 Å². The van der Waals surface area contributed by atoms with Gasteiger partial charge in [-0.15, -0.1) is 0 Å². The van der Waals surface area contributed by atoms with Gasteiger partial charge in [0, 0.05) is 33.2 Å². The number of hydrogen-bond acceptors (Lipinski definition) is 7. The van der Waals surface area contributed by atoms with Crippen LogP contribution in [0.5, 0.6) is 11.5 Å². The standard InChI is InChI=1S/C32H26Br2N4O6/c1-20-3-4-21(2)37(20)25-9-11-26(12-10-25)42-19-27-13-14-30(44-27)32(39)36-35-17-23-15-28(34)31(29(16-23)38(40)41)43-18-22-5-7-24(33)8-6-22/h3-17H,18-19H2,1-2H3,(H,36,39)/b35-17+.